The Morgan fingerprint density at radius 2 is 2.00 bits per heavy atom. The van der Waals surface area contributed by atoms with E-state index in [1.165, 1.54) is 0 Å². The molecule has 4 rings (SSSR count). The largest absolute Gasteiger partial charge is 0.354 e. The minimum absolute atomic E-state index is 0.000187. The quantitative estimate of drug-likeness (QED) is 0.875. The van der Waals surface area contributed by atoms with Crippen LogP contribution in [-0.4, -0.2) is 78.5 Å². The highest BCUT2D eigenvalue weighted by Crippen LogP contribution is 2.24. The van der Waals surface area contributed by atoms with E-state index in [-0.39, 0.29) is 11.9 Å². The number of hydrogen-bond acceptors (Lipinski definition) is 6. The summed E-state index contributed by atoms with van der Waals surface area (Å²) in [4.78, 5) is 28.5. The number of nitrogens with zero attached hydrogens (tertiary/aromatic N) is 5. The topological polar surface area (TPSA) is 64.6 Å². The molecule has 2 aromatic heterocycles. The fourth-order valence-electron chi connectivity index (χ4n) is 3.74. The first-order valence-corrected chi connectivity index (χ1v) is 9.53. The predicted octanol–water partition coefficient (Wildman–Crippen LogP) is 1.02. The number of pyridine rings is 2. The van der Waals surface area contributed by atoms with Crippen LogP contribution in [0.15, 0.2) is 42.9 Å². The maximum absolute atomic E-state index is 13.3. The normalized spacial score (nSPS) is 21.3. The number of likely N-dealkylation sites (N-methyl/N-ethyl adjacent to an activating group) is 1. The minimum Gasteiger partial charge on any atom is -0.354 e. The van der Waals surface area contributed by atoms with Gasteiger partial charge < -0.3 is 20.0 Å². The Balaban J connectivity index is 1.55. The van der Waals surface area contributed by atoms with E-state index < -0.39 is 0 Å². The summed E-state index contributed by atoms with van der Waals surface area (Å²) in [6, 6.07) is 7.72. The van der Waals surface area contributed by atoms with Gasteiger partial charge in [-0.2, -0.15) is 0 Å². The van der Waals surface area contributed by atoms with Crippen LogP contribution in [0.5, 0.6) is 0 Å². The van der Waals surface area contributed by atoms with Crippen molar-refractivity contribution in [3.63, 3.8) is 0 Å². The van der Waals surface area contributed by atoms with Crippen LogP contribution in [-0.2, 0) is 0 Å². The van der Waals surface area contributed by atoms with Crippen LogP contribution in [0.25, 0.3) is 0 Å². The first-order valence-electron chi connectivity index (χ1n) is 9.53. The Labute approximate surface area is 160 Å². The number of amides is 1. The third-order valence-electron chi connectivity index (χ3n) is 5.39. The van der Waals surface area contributed by atoms with Crippen LogP contribution < -0.4 is 10.2 Å². The van der Waals surface area contributed by atoms with E-state index in [2.05, 4.69) is 32.1 Å². The van der Waals surface area contributed by atoms with Gasteiger partial charge in [0.05, 0.1) is 6.04 Å². The molecule has 1 N–H and O–H groups in total. The van der Waals surface area contributed by atoms with Crippen molar-refractivity contribution in [2.24, 2.45) is 0 Å². The lowest BCUT2D eigenvalue weighted by molar-refractivity contribution is 0.0634. The van der Waals surface area contributed by atoms with E-state index >= 15 is 0 Å². The molecule has 1 amide bonds. The van der Waals surface area contributed by atoms with Gasteiger partial charge in [0.2, 0.25) is 0 Å². The summed E-state index contributed by atoms with van der Waals surface area (Å²) in [5, 5.41) is 3.39. The summed E-state index contributed by atoms with van der Waals surface area (Å²) in [7, 11) is 2.13. The molecule has 0 radical (unpaired) electrons. The van der Waals surface area contributed by atoms with Crippen LogP contribution >= 0.6 is 0 Å². The van der Waals surface area contributed by atoms with Crippen molar-refractivity contribution in [1.29, 1.82) is 0 Å². The summed E-state index contributed by atoms with van der Waals surface area (Å²) in [5.41, 5.74) is 1.76. The van der Waals surface area contributed by atoms with Crippen LogP contribution in [0.4, 0.5) is 5.82 Å². The van der Waals surface area contributed by atoms with E-state index in [1.54, 1.807) is 12.4 Å². The first kappa shape index (κ1) is 17.9. The smallest absolute Gasteiger partial charge is 0.254 e. The summed E-state index contributed by atoms with van der Waals surface area (Å²) < 4.78 is 0. The van der Waals surface area contributed by atoms with Crippen molar-refractivity contribution < 1.29 is 4.79 Å². The lowest BCUT2D eigenvalue weighted by Gasteiger charge is -2.37. The van der Waals surface area contributed by atoms with Gasteiger partial charge in [0.25, 0.3) is 5.91 Å². The number of rotatable bonds is 3. The fraction of sp³-hybridized carbons (Fsp3) is 0.450. The molecule has 2 aliphatic rings. The second kappa shape index (κ2) is 8.02. The summed E-state index contributed by atoms with van der Waals surface area (Å²) in [5.74, 6) is 0.949. The molecule has 7 nitrogen and oxygen atoms in total. The molecule has 1 atom stereocenters. The SMILES string of the molecule is CN1CCN(c2cc(C(=O)N3CCNCC3c3cccnc3)ccn2)CC1. The maximum atomic E-state index is 13.3. The average Bonchev–Trinajstić information content (AvgIpc) is 2.74. The summed E-state index contributed by atoms with van der Waals surface area (Å²) in [6.45, 7) is 6.14. The van der Waals surface area contributed by atoms with E-state index in [0.717, 1.165) is 50.6 Å². The van der Waals surface area contributed by atoms with Gasteiger partial charge in [-0.25, -0.2) is 4.98 Å². The van der Waals surface area contributed by atoms with Crippen LogP contribution in [0.1, 0.15) is 22.0 Å². The third kappa shape index (κ3) is 3.94. The van der Waals surface area contributed by atoms with E-state index in [4.69, 9.17) is 0 Å². The van der Waals surface area contributed by atoms with Gasteiger partial charge in [-0.1, -0.05) is 6.07 Å². The molecule has 0 spiro atoms. The van der Waals surface area contributed by atoms with Crippen LogP contribution in [0.3, 0.4) is 0 Å². The van der Waals surface area contributed by atoms with Crippen LogP contribution in [0, 0.1) is 0 Å². The molecule has 2 aromatic rings. The average molecular weight is 366 g/mol. The van der Waals surface area contributed by atoms with E-state index in [1.807, 2.05) is 35.4 Å². The lowest BCUT2D eigenvalue weighted by Crippen LogP contribution is -2.48. The second-order valence-corrected chi connectivity index (χ2v) is 7.20. The molecule has 2 saturated heterocycles. The molecule has 0 aromatic carbocycles. The molecule has 0 saturated carbocycles. The predicted molar refractivity (Wildman–Crippen MR) is 105 cm³/mol. The zero-order valence-electron chi connectivity index (χ0n) is 15.7. The number of hydrogen-bond donors (Lipinski definition) is 1. The first-order chi connectivity index (χ1) is 13.2. The minimum atomic E-state index is 0.000187. The molecule has 7 heteroatoms. The molecule has 27 heavy (non-hydrogen) atoms. The Kier molecular flexibility index (Phi) is 5.31. The van der Waals surface area contributed by atoms with Crippen molar-refractivity contribution >= 4 is 11.7 Å². The number of carbonyl (C=O) groups excluding carboxylic acids is 1. The number of carbonyl (C=O) groups is 1. The highest BCUT2D eigenvalue weighted by Gasteiger charge is 2.29. The molecule has 0 bridgehead atoms. The fourth-order valence-corrected chi connectivity index (χ4v) is 3.74. The van der Waals surface area contributed by atoms with Crippen molar-refractivity contribution in [1.82, 2.24) is 25.1 Å². The van der Waals surface area contributed by atoms with Gasteiger partial charge >= 0.3 is 0 Å². The zero-order chi connectivity index (χ0) is 18.6. The number of nitrogens with one attached hydrogen (secondary N) is 1. The molecule has 142 valence electrons. The summed E-state index contributed by atoms with van der Waals surface area (Å²) in [6.07, 6.45) is 5.36. The van der Waals surface area contributed by atoms with Crippen molar-refractivity contribution in [2.75, 3.05) is 57.8 Å². The van der Waals surface area contributed by atoms with Gasteiger partial charge in [0, 0.05) is 70.0 Å². The lowest BCUT2D eigenvalue weighted by atomic mass is 10.0. The van der Waals surface area contributed by atoms with E-state index in [0.29, 0.717) is 12.1 Å². The van der Waals surface area contributed by atoms with Crippen molar-refractivity contribution in [3.05, 3.63) is 54.0 Å². The molecule has 4 heterocycles. The molecule has 2 fully saturated rings. The van der Waals surface area contributed by atoms with Gasteiger partial charge in [-0.15, -0.1) is 0 Å². The van der Waals surface area contributed by atoms with Crippen LogP contribution in [0.2, 0.25) is 0 Å². The summed E-state index contributed by atoms with van der Waals surface area (Å²) >= 11 is 0. The number of anilines is 1. The van der Waals surface area contributed by atoms with Crippen molar-refractivity contribution in [3.8, 4) is 0 Å². The molecule has 0 aliphatic carbocycles. The van der Waals surface area contributed by atoms with Gasteiger partial charge in [0.15, 0.2) is 0 Å². The Morgan fingerprint density at radius 3 is 2.78 bits per heavy atom. The van der Waals surface area contributed by atoms with Crippen molar-refractivity contribution in [2.45, 2.75) is 6.04 Å². The third-order valence-corrected chi connectivity index (χ3v) is 5.39. The van der Waals surface area contributed by atoms with E-state index in [9.17, 15) is 4.79 Å². The standard InChI is InChI=1S/C20H26N6O/c1-24-9-11-25(12-10-24)19-13-16(4-6-23-19)20(27)26-8-7-22-15-18(26)17-3-2-5-21-14-17/h2-6,13-14,18,22H,7-12,15H2,1H3. The number of piperazine rings is 2. The Morgan fingerprint density at radius 1 is 1.15 bits per heavy atom. The number of aromatic nitrogens is 2. The second-order valence-electron chi connectivity index (χ2n) is 7.20. The Hall–Kier alpha value is -2.51. The van der Waals surface area contributed by atoms with Gasteiger partial charge in [-0.3, -0.25) is 9.78 Å². The highest BCUT2D eigenvalue weighted by atomic mass is 16.2. The van der Waals surface area contributed by atoms with Gasteiger partial charge in [-0.05, 0) is 30.8 Å². The van der Waals surface area contributed by atoms with Gasteiger partial charge in [0.1, 0.15) is 5.82 Å². The molecular weight excluding hydrogens is 340 g/mol. The molecule has 1 unspecified atom stereocenters. The zero-order valence-corrected chi connectivity index (χ0v) is 15.7. The monoisotopic (exact) mass is 366 g/mol. The Bertz CT molecular complexity index is 775. The maximum Gasteiger partial charge on any atom is 0.254 e. The molecular formula is C20H26N6O. The molecule has 2 aliphatic heterocycles. The highest BCUT2D eigenvalue weighted by molar-refractivity contribution is 5.95.